The summed E-state index contributed by atoms with van der Waals surface area (Å²) in [5.74, 6) is 0. The van der Waals surface area contributed by atoms with E-state index >= 15 is 0 Å². The van der Waals surface area contributed by atoms with Gasteiger partial charge in [-0.1, -0.05) is 12.1 Å². The first-order valence-corrected chi connectivity index (χ1v) is 13.1. The molecule has 33 heavy (non-hydrogen) atoms. The number of hydrogen-bond donors (Lipinski definition) is 0. The fraction of sp³-hybridized carbons (Fsp3) is 0.136. The second-order valence-electron chi connectivity index (χ2n) is 7.45. The third-order valence-electron chi connectivity index (χ3n) is 5.10. The van der Waals surface area contributed by atoms with E-state index in [2.05, 4.69) is 15.1 Å². The van der Waals surface area contributed by atoms with Crippen molar-refractivity contribution < 1.29 is 16.8 Å². The lowest BCUT2D eigenvalue weighted by Gasteiger charge is -2.16. The van der Waals surface area contributed by atoms with E-state index in [1.165, 1.54) is 25.4 Å². The monoisotopic (exact) mass is 483 g/mol. The fourth-order valence-corrected chi connectivity index (χ4v) is 5.16. The first-order valence-electron chi connectivity index (χ1n) is 9.78. The standard InChI is InChI=1S/C22H21N5O4S2/c1-16-6-8-20(32(3,28)29)11-21(16)33(30,31)26(2)25-14-19-13-24-22-9-7-18(15-27(19)22)17-5-4-10-23-12-17/h4-15H,1-3H3. The van der Waals surface area contributed by atoms with E-state index < -0.39 is 19.9 Å². The molecule has 1 aromatic carbocycles. The van der Waals surface area contributed by atoms with Crippen LogP contribution in [0.25, 0.3) is 16.8 Å². The second kappa shape index (κ2) is 8.41. The van der Waals surface area contributed by atoms with E-state index in [0.29, 0.717) is 16.9 Å². The number of benzene rings is 1. The number of nitrogens with zero attached hydrogens (tertiary/aromatic N) is 5. The summed E-state index contributed by atoms with van der Waals surface area (Å²) in [7, 11) is -6.35. The third-order valence-corrected chi connectivity index (χ3v) is 7.99. The molecule has 0 aliphatic heterocycles. The van der Waals surface area contributed by atoms with Gasteiger partial charge < -0.3 is 0 Å². The molecule has 0 saturated heterocycles. The number of rotatable bonds is 6. The van der Waals surface area contributed by atoms with Crippen molar-refractivity contribution in [3.05, 3.63) is 78.5 Å². The number of fused-ring (bicyclic) bond motifs is 1. The number of imidazole rings is 1. The molecule has 0 spiro atoms. The number of sulfone groups is 1. The van der Waals surface area contributed by atoms with Gasteiger partial charge in [-0.15, -0.1) is 0 Å². The minimum absolute atomic E-state index is 0.0752. The van der Waals surface area contributed by atoms with Gasteiger partial charge in [-0.2, -0.15) is 17.9 Å². The van der Waals surface area contributed by atoms with Gasteiger partial charge in [0.25, 0.3) is 10.0 Å². The molecule has 0 saturated carbocycles. The molecule has 0 amide bonds. The molecule has 4 rings (SSSR count). The summed E-state index contributed by atoms with van der Waals surface area (Å²) in [6.07, 6.45) is 9.32. The van der Waals surface area contributed by atoms with E-state index in [1.807, 2.05) is 30.5 Å². The van der Waals surface area contributed by atoms with Gasteiger partial charge in [-0.3, -0.25) is 9.38 Å². The van der Waals surface area contributed by atoms with Gasteiger partial charge in [-0.05, 0) is 42.8 Å². The highest BCUT2D eigenvalue weighted by molar-refractivity contribution is 7.91. The van der Waals surface area contributed by atoms with Gasteiger partial charge in [-0.25, -0.2) is 13.4 Å². The Morgan fingerprint density at radius 3 is 2.52 bits per heavy atom. The van der Waals surface area contributed by atoms with Crippen LogP contribution in [0.3, 0.4) is 0 Å². The number of hydrogen-bond acceptors (Lipinski definition) is 7. The smallest absolute Gasteiger partial charge is 0.279 e. The molecule has 3 heterocycles. The van der Waals surface area contributed by atoms with Crippen LogP contribution in [-0.2, 0) is 19.9 Å². The normalized spacial score (nSPS) is 12.5. The van der Waals surface area contributed by atoms with E-state index in [0.717, 1.165) is 27.9 Å². The summed E-state index contributed by atoms with van der Waals surface area (Å²) in [5, 5.41) is 4.10. The molecule has 0 aliphatic carbocycles. The van der Waals surface area contributed by atoms with Crippen molar-refractivity contribution in [1.29, 1.82) is 0 Å². The van der Waals surface area contributed by atoms with E-state index in [4.69, 9.17) is 0 Å². The van der Waals surface area contributed by atoms with Gasteiger partial charge in [0.2, 0.25) is 0 Å². The van der Waals surface area contributed by atoms with Gasteiger partial charge in [0.05, 0.1) is 27.9 Å². The van der Waals surface area contributed by atoms with E-state index in [1.54, 1.807) is 29.9 Å². The zero-order chi connectivity index (χ0) is 23.8. The highest BCUT2D eigenvalue weighted by Crippen LogP contribution is 2.23. The van der Waals surface area contributed by atoms with Crippen molar-refractivity contribution in [1.82, 2.24) is 18.8 Å². The van der Waals surface area contributed by atoms with Gasteiger partial charge in [0, 0.05) is 43.0 Å². The van der Waals surface area contributed by atoms with Crippen molar-refractivity contribution in [2.75, 3.05) is 13.3 Å². The predicted octanol–water partition coefficient (Wildman–Crippen LogP) is 2.76. The van der Waals surface area contributed by atoms with Crippen LogP contribution in [0, 0.1) is 6.92 Å². The molecule has 0 fully saturated rings. The summed E-state index contributed by atoms with van der Waals surface area (Å²) in [6, 6.07) is 11.5. The molecule has 0 N–H and O–H groups in total. The number of hydrazone groups is 1. The summed E-state index contributed by atoms with van der Waals surface area (Å²) >= 11 is 0. The van der Waals surface area contributed by atoms with Crippen molar-refractivity contribution in [2.24, 2.45) is 5.10 Å². The SMILES string of the molecule is Cc1ccc(S(C)(=O)=O)cc1S(=O)(=O)N(C)N=Cc1cnc2ccc(-c3cccnc3)cn12. The first-order chi connectivity index (χ1) is 15.6. The molecule has 11 heteroatoms. The number of aromatic nitrogens is 3. The fourth-order valence-electron chi connectivity index (χ4n) is 3.23. The average Bonchev–Trinajstić information content (AvgIpc) is 3.19. The Kier molecular flexibility index (Phi) is 5.76. The molecule has 4 aromatic rings. The number of aryl methyl sites for hydroxylation is 1. The zero-order valence-corrected chi connectivity index (χ0v) is 19.7. The molecule has 0 atom stereocenters. The zero-order valence-electron chi connectivity index (χ0n) is 18.1. The average molecular weight is 484 g/mol. The summed E-state index contributed by atoms with van der Waals surface area (Å²) in [4.78, 5) is 8.26. The molecule has 3 aromatic heterocycles. The van der Waals surface area contributed by atoms with E-state index in [-0.39, 0.29) is 9.79 Å². The summed E-state index contributed by atoms with van der Waals surface area (Å²) < 4.78 is 52.5. The Morgan fingerprint density at radius 1 is 1.03 bits per heavy atom. The first kappa shape index (κ1) is 22.6. The Balaban J connectivity index is 1.68. The Hall–Kier alpha value is -3.57. The minimum Gasteiger partial charge on any atom is -0.298 e. The Morgan fingerprint density at radius 2 is 1.82 bits per heavy atom. The molecular weight excluding hydrogens is 462 g/mol. The lowest BCUT2D eigenvalue weighted by molar-refractivity contribution is 0.490. The molecule has 0 bridgehead atoms. The minimum atomic E-state index is -4.08. The third kappa shape index (κ3) is 4.50. The maximum absolute atomic E-state index is 13.1. The van der Waals surface area contributed by atoms with Crippen LogP contribution in [0.1, 0.15) is 11.3 Å². The number of sulfonamides is 1. The Labute approximate surface area is 192 Å². The maximum Gasteiger partial charge on any atom is 0.279 e. The molecule has 0 unspecified atom stereocenters. The second-order valence-corrected chi connectivity index (χ2v) is 11.4. The predicted molar refractivity (Wildman–Crippen MR) is 125 cm³/mol. The highest BCUT2D eigenvalue weighted by atomic mass is 32.2. The van der Waals surface area contributed by atoms with E-state index in [9.17, 15) is 16.8 Å². The van der Waals surface area contributed by atoms with Crippen molar-refractivity contribution in [3.63, 3.8) is 0 Å². The van der Waals surface area contributed by atoms with Crippen molar-refractivity contribution in [3.8, 4) is 11.1 Å². The van der Waals surface area contributed by atoms with Gasteiger partial charge >= 0.3 is 0 Å². The summed E-state index contributed by atoms with van der Waals surface area (Å²) in [5.41, 5.74) is 3.50. The molecule has 170 valence electrons. The molecule has 0 aliphatic rings. The largest absolute Gasteiger partial charge is 0.298 e. The lowest BCUT2D eigenvalue weighted by atomic mass is 10.1. The van der Waals surface area contributed by atoms with Crippen LogP contribution in [0.2, 0.25) is 0 Å². The topological polar surface area (TPSA) is 114 Å². The van der Waals surface area contributed by atoms with Crippen molar-refractivity contribution >= 4 is 31.7 Å². The van der Waals surface area contributed by atoms with Crippen LogP contribution < -0.4 is 0 Å². The van der Waals surface area contributed by atoms with Gasteiger partial charge in [0.1, 0.15) is 5.65 Å². The van der Waals surface area contributed by atoms with Crippen LogP contribution in [-0.4, -0.2) is 55.1 Å². The van der Waals surface area contributed by atoms with Crippen molar-refractivity contribution in [2.45, 2.75) is 16.7 Å². The summed E-state index contributed by atoms with van der Waals surface area (Å²) in [6.45, 7) is 1.60. The van der Waals surface area contributed by atoms with Crippen LogP contribution in [0.15, 0.2) is 82.1 Å². The quantitative estimate of drug-likeness (QED) is 0.308. The van der Waals surface area contributed by atoms with Crippen LogP contribution in [0.5, 0.6) is 0 Å². The van der Waals surface area contributed by atoms with Crippen LogP contribution in [0.4, 0.5) is 0 Å². The van der Waals surface area contributed by atoms with Crippen LogP contribution >= 0.6 is 0 Å². The lowest BCUT2D eigenvalue weighted by Crippen LogP contribution is -2.23. The molecular formula is C22H21N5O4S2. The maximum atomic E-state index is 13.1. The Bertz CT molecular complexity index is 1580. The van der Waals surface area contributed by atoms with Gasteiger partial charge in [0.15, 0.2) is 9.84 Å². The highest BCUT2D eigenvalue weighted by Gasteiger charge is 2.24. The molecule has 0 radical (unpaired) electrons. The number of pyridine rings is 2. The molecule has 9 nitrogen and oxygen atoms in total.